The first kappa shape index (κ1) is 27.8. The number of hydrogen-bond donors (Lipinski definition) is 2. The Morgan fingerprint density at radius 1 is 1.06 bits per heavy atom. The molecule has 0 amide bonds. The Morgan fingerprint density at radius 2 is 1.85 bits per heavy atom. The fourth-order valence-corrected chi connectivity index (χ4v) is 3.75. The molecule has 1 heterocycles. The standard InChI is InChI=1S/C23H24N4O3S.2H2O/c1-29-20-6-5-17(14-18(20)15-24)19-8-10-25-23(27-19)13-16-4-7-22(21(12-16)30-2)31-26-9-3-11-28;;/h4-8,10,12,14,26,28H,3,9,11,13H2,1-2H3;2*1H2. The monoisotopic (exact) mass is 472 g/mol. The van der Waals surface area contributed by atoms with E-state index in [2.05, 4.69) is 20.8 Å². The predicted octanol–water partition coefficient (Wildman–Crippen LogP) is 1.95. The first-order valence-electron chi connectivity index (χ1n) is 9.76. The largest absolute Gasteiger partial charge is 0.496 e. The number of rotatable bonds is 10. The molecular formula is C23H28N4O5S. The number of aliphatic hydroxyl groups is 1. The summed E-state index contributed by atoms with van der Waals surface area (Å²) in [6.07, 6.45) is 2.97. The van der Waals surface area contributed by atoms with Gasteiger partial charge in [0.25, 0.3) is 0 Å². The van der Waals surface area contributed by atoms with E-state index in [4.69, 9.17) is 14.6 Å². The lowest BCUT2D eigenvalue weighted by molar-refractivity contribution is 0.290. The third-order valence-corrected chi connectivity index (χ3v) is 5.44. The Bertz CT molecular complexity index is 1070. The second-order valence-corrected chi connectivity index (χ2v) is 7.55. The van der Waals surface area contributed by atoms with Crippen molar-refractivity contribution in [1.82, 2.24) is 14.7 Å². The maximum atomic E-state index is 9.33. The van der Waals surface area contributed by atoms with E-state index in [1.165, 1.54) is 11.9 Å². The van der Waals surface area contributed by atoms with Crippen LogP contribution in [0, 0.1) is 11.3 Å². The zero-order chi connectivity index (χ0) is 22.1. The van der Waals surface area contributed by atoms with Crippen LogP contribution in [0.15, 0.2) is 53.6 Å². The molecule has 10 heteroatoms. The molecule has 6 N–H and O–H groups in total. The van der Waals surface area contributed by atoms with Crippen LogP contribution >= 0.6 is 11.9 Å². The van der Waals surface area contributed by atoms with Crippen molar-refractivity contribution in [2.24, 2.45) is 0 Å². The predicted molar refractivity (Wildman–Crippen MR) is 127 cm³/mol. The van der Waals surface area contributed by atoms with Gasteiger partial charge in [-0.25, -0.2) is 9.97 Å². The molecule has 0 aliphatic rings. The number of nitrogens with one attached hydrogen (secondary N) is 1. The summed E-state index contributed by atoms with van der Waals surface area (Å²) in [6.45, 7) is 0.878. The first-order valence-corrected chi connectivity index (χ1v) is 10.6. The van der Waals surface area contributed by atoms with Gasteiger partial charge < -0.3 is 25.5 Å². The van der Waals surface area contributed by atoms with E-state index in [1.54, 1.807) is 32.5 Å². The Labute approximate surface area is 197 Å². The van der Waals surface area contributed by atoms with Crippen LogP contribution in [-0.2, 0) is 6.42 Å². The lowest BCUT2D eigenvalue weighted by Gasteiger charge is -2.11. The first-order chi connectivity index (χ1) is 15.2. The van der Waals surface area contributed by atoms with Gasteiger partial charge >= 0.3 is 0 Å². The van der Waals surface area contributed by atoms with Gasteiger partial charge in [0.15, 0.2) is 0 Å². The van der Waals surface area contributed by atoms with E-state index in [0.717, 1.165) is 27.5 Å². The Balaban J connectivity index is 0.00000272. The molecule has 2 aromatic carbocycles. The maximum absolute atomic E-state index is 9.33. The van der Waals surface area contributed by atoms with Crippen molar-refractivity contribution in [2.45, 2.75) is 17.7 Å². The molecule has 0 saturated heterocycles. The number of hydrogen-bond acceptors (Lipinski definition) is 8. The third kappa shape index (κ3) is 7.42. The maximum Gasteiger partial charge on any atom is 0.136 e. The zero-order valence-corrected chi connectivity index (χ0v) is 19.3. The average molecular weight is 473 g/mol. The molecule has 3 rings (SSSR count). The van der Waals surface area contributed by atoms with Crippen molar-refractivity contribution in [3.63, 3.8) is 0 Å². The van der Waals surface area contributed by atoms with Gasteiger partial charge in [-0.1, -0.05) is 6.07 Å². The fraction of sp³-hybridized carbons (Fsp3) is 0.261. The molecule has 0 spiro atoms. The summed E-state index contributed by atoms with van der Waals surface area (Å²) in [5.74, 6) is 1.98. The lowest BCUT2D eigenvalue weighted by atomic mass is 10.1. The molecule has 0 fully saturated rings. The van der Waals surface area contributed by atoms with Gasteiger partial charge in [0.1, 0.15) is 23.4 Å². The molecule has 33 heavy (non-hydrogen) atoms. The van der Waals surface area contributed by atoms with Crippen LogP contribution in [0.5, 0.6) is 11.5 Å². The Morgan fingerprint density at radius 3 is 2.55 bits per heavy atom. The minimum atomic E-state index is 0. The van der Waals surface area contributed by atoms with Gasteiger partial charge in [0.2, 0.25) is 0 Å². The molecule has 1 aromatic heterocycles. The highest BCUT2D eigenvalue weighted by atomic mass is 32.2. The van der Waals surface area contributed by atoms with Crippen molar-refractivity contribution < 1.29 is 25.5 Å². The normalized spacial score (nSPS) is 9.88. The summed E-state index contributed by atoms with van der Waals surface area (Å²) in [5.41, 5.74) is 3.07. The highest BCUT2D eigenvalue weighted by molar-refractivity contribution is 7.97. The van der Waals surface area contributed by atoms with Gasteiger partial charge in [0, 0.05) is 31.3 Å². The van der Waals surface area contributed by atoms with Crippen molar-refractivity contribution in [3.8, 4) is 28.8 Å². The van der Waals surface area contributed by atoms with Crippen LogP contribution in [0.2, 0.25) is 0 Å². The van der Waals surface area contributed by atoms with Crippen molar-refractivity contribution in [1.29, 1.82) is 5.26 Å². The molecule has 3 aromatic rings. The number of ether oxygens (including phenoxy) is 2. The van der Waals surface area contributed by atoms with Crippen LogP contribution < -0.4 is 14.2 Å². The molecule has 0 aliphatic heterocycles. The highest BCUT2D eigenvalue weighted by Crippen LogP contribution is 2.29. The molecule has 0 unspecified atom stereocenters. The summed E-state index contributed by atoms with van der Waals surface area (Å²) < 4.78 is 14.0. The number of aliphatic hydroxyl groups excluding tert-OH is 1. The lowest BCUT2D eigenvalue weighted by Crippen LogP contribution is -2.07. The highest BCUT2D eigenvalue weighted by Gasteiger charge is 2.10. The zero-order valence-electron chi connectivity index (χ0n) is 18.5. The van der Waals surface area contributed by atoms with E-state index in [0.29, 0.717) is 36.5 Å². The third-order valence-electron chi connectivity index (χ3n) is 4.53. The number of methoxy groups -OCH3 is 2. The number of nitrogens with zero attached hydrogens (tertiary/aromatic N) is 3. The van der Waals surface area contributed by atoms with Crippen LogP contribution in [0.4, 0.5) is 0 Å². The van der Waals surface area contributed by atoms with Crippen molar-refractivity contribution in [2.75, 3.05) is 27.4 Å². The minimum Gasteiger partial charge on any atom is -0.496 e. The van der Waals surface area contributed by atoms with E-state index in [-0.39, 0.29) is 17.6 Å². The SMILES string of the molecule is COc1ccc(-c2ccnc(Cc3ccc(SNCCCO)c(OC)c3)n2)cc1C#N.O.O. The van der Waals surface area contributed by atoms with Gasteiger partial charge in [-0.05, 0) is 60.3 Å². The van der Waals surface area contributed by atoms with Crippen molar-refractivity contribution in [3.05, 3.63) is 65.6 Å². The van der Waals surface area contributed by atoms with E-state index in [1.807, 2.05) is 30.3 Å². The fourth-order valence-electron chi connectivity index (χ4n) is 2.97. The van der Waals surface area contributed by atoms with Crippen LogP contribution in [0.3, 0.4) is 0 Å². The van der Waals surface area contributed by atoms with Gasteiger partial charge in [-0.15, -0.1) is 0 Å². The van der Waals surface area contributed by atoms with E-state index < -0.39 is 0 Å². The van der Waals surface area contributed by atoms with Gasteiger partial charge in [-0.3, -0.25) is 4.72 Å². The van der Waals surface area contributed by atoms with Gasteiger partial charge in [0.05, 0.1) is 30.4 Å². The van der Waals surface area contributed by atoms with Crippen LogP contribution in [-0.4, -0.2) is 53.4 Å². The number of benzene rings is 2. The molecule has 176 valence electrons. The summed E-state index contributed by atoms with van der Waals surface area (Å²) in [4.78, 5) is 10.0. The summed E-state index contributed by atoms with van der Waals surface area (Å²) in [6, 6.07) is 15.4. The quantitative estimate of drug-likeness (QED) is 0.334. The van der Waals surface area contributed by atoms with Crippen molar-refractivity contribution >= 4 is 11.9 Å². The molecule has 9 nitrogen and oxygen atoms in total. The smallest absolute Gasteiger partial charge is 0.136 e. The molecule has 0 saturated carbocycles. The summed E-state index contributed by atoms with van der Waals surface area (Å²) in [7, 11) is 3.19. The number of aromatic nitrogens is 2. The molecule has 0 aliphatic carbocycles. The van der Waals surface area contributed by atoms with Crippen LogP contribution in [0.25, 0.3) is 11.3 Å². The molecule has 0 bridgehead atoms. The molecule has 0 atom stereocenters. The van der Waals surface area contributed by atoms with Crippen LogP contribution in [0.1, 0.15) is 23.4 Å². The Hall–Kier alpha value is -3.20. The number of nitriles is 1. The minimum absolute atomic E-state index is 0. The average Bonchev–Trinajstić information content (AvgIpc) is 2.82. The second kappa shape index (κ2) is 14.1. The molecular weight excluding hydrogens is 444 g/mol. The van der Waals surface area contributed by atoms with E-state index >= 15 is 0 Å². The summed E-state index contributed by atoms with van der Waals surface area (Å²) in [5, 5.41) is 18.2. The topological polar surface area (TPSA) is 163 Å². The second-order valence-electron chi connectivity index (χ2n) is 6.62. The Kier molecular flexibility index (Phi) is 11.9. The molecule has 0 radical (unpaired) electrons. The van der Waals surface area contributed by atoms with Gasteiger partial charge in [-0.2, -0.15) is 5.26 Å². The summed E-state index contributed by atoms with van der Waals surface area (Å²) >= 11 is 1.48. The van der Waals surface area contributed by atoms with E-state index in [9.17, 15) is 5.26 Å².